The summed E-state index contributed by atoms with van der Waals surface area (Å²) in [5, 5.41) is 5.82. The van der Waals surface area contributed by atoms with Crippen LogP contribution < -0.4 is 10.2 Å². The van der Waals surface area contributed by atoms with Gasteiger partial charge in [-0.15, -0.1) is 0 Å². The first-order valence-corrected chi connectivity index (χ1v) is 10.6. The van der Waals surface area contributed by atoms with Crippen LogP contribution in [0.2, 0.25) is 5.15 Å². The highest BCUT2D eigenvalue weighted by molar-refractivity contribution is 7.80. The van der Waals surface area contributed by atoms with Crippen LogP contribution in [0.1, 0.15) is 13.8 Å². The Labute approximate surface area is 181 Å². The first-order chi connectivity index (χ1) is 14.0. The molecule has 1 atom stereocenters. The first-order valence-electron chi connectivity index (χ1n) is 9.81. The molecule has 150 valence electrons. The summed E-state index contributed by atoms with van der Waals surface area (Å²) in [4.78, 5) is 13.2. The lowest BCUT2D eigenvalue weighted by Crippen LogP contribution is -2.58. The van der Waals surface area contributed by atoms with Crippen LogP contribution in [0.25, 0.3) is 10.9 Å². The minimum atomic E-state index is 0.295. The Morgan fingerprint density at radius 1 is 1.14 bits per heavy atom. The number of aromatic nitrogens is 2. The Morgan fingerprint density at radius 2 is 2.00 bits per heavy atom. The van der Waals surface area contributed by atoms with Gasteiger partial charge in [0, 0.05) is 48.8 Å². The minimum absolute atomic E-state index is 0.295. The fourth-order valence-corrected chi connectivity index (χ4v) is 4.36. The van der Waals surface area contributed by atoms with Gasteiger partial charge in [0.05, 0.1) is 11.6 Å². The number of rotatable bonds is 3. The summed E-state index contributed by atoms with van der Waals surface area (Å²) in [5.41, 5.74) is 3.06. The maximum Gasteiger partial charge on any atom is 0.173 e. The summed E-state index contributed by atoms with van der Waals surface area (Å²) in [7, 11) is 0. The van der Waals surface area contributed by atoms with Crippen LogP contribution >= 0.6 is 23.8 Å². The van der Waals surface area contributed by atoms with Crippen LogP contribution in [-0.4, -0.2) is 45.7 Å². The zero-order valence-electron chi connectivity index (χ0n) is 16.5. The number of nitrogens with one attached hydrogen (secondary N) is 1. The number of thiocarbonyl (C=S) groups is 1. The Balaban J connectivity index is 1.53. The van der Waals surface area contributed by atoms with E-state index in [9.17, 15) is 0 Å². The molecular formula is C22H24ClN5S. The summed E-state index contributed by atoms with van der Waals surface area (Å²) < 4.78 is 0. The van der Waals surface area contributed by atoms with Gasteiger partial charge in [-0.1, -0.05) is 31.5 Å². The molecule has 0 aliphatic carbocycles. The van der Waals surface area contributed by atoms with Crippen molar-refractivity contribution in [1.82, 2.24) is 14.9 Å². The molecule has 1 aromatic carbocycles. The second kappa shape index (κ2) is 8.51. The van der Waals surface area contributed by atoms with Gasteiger partial charge in [-0.25, -0.2) is 4.98 Å². The molecule has 2 aromatic heterocycles. The molecule has 5 nitrogen and oxygen atoms in total. The molecule has 0 radical (unpaired) electrons. The number of hydrogen-bond donors (Lipinski definition) is 1. The monoisotopic (exact) mass is 425 g/mol. The number of piperazine rings is 1. The van der Waals surface area contributed by atoms with Crippen molar-refractivity contribution in [2.75, 3.05) is 29.9 Å². The molecule has 0 saturated carbocycles. The van der Waals surface area contributed by atoms with Gasteiger partial charge in [-0.2, -0.15) is 0 Å². The van der Waals surface area contributed by atoms with Crippen LogP contribution in [0.3, 0.4) is 0 Å². The van der Waals surface area contributed by atoms with E-state index in [4.69, 9.17) is 23.8 Å². The van der Waals surface area contributed by atoms with Crippen molar-refractivity contribution in [3.63, 3.8) is 0 Å². The van der Waals surface area contributed by atoms with E-state index in [0.717, 1.165) is 47.0 Å². The van der Waals surface area contributed by atoms with Crippen molar-refractivity contribution in [2.45, 2.75) is 19.9 Å². The van der Waals surface area contributed by atoms with Gasteiger partial charge in [0.2, 0.25) is 0 Å². The highest BCUT2D eigenvalue weighted by Gasteiger charge is 2.31. The molecular weight excluding hydrogens is 402 g/mol. The molecule has 1 unspecified atom stereocenters. The Morgan fingerprint density at radius 3 is 2.79 bits per heavy atom. The molecule has 3 aromatic rings. The molecule has 0 bridgehead atoms. The third-order valence-electron chi connectivity index (χ3n) is 5.41. The predicted molar refractivity (Wildman–Crippen MR) is 125 cm³/mol. The second-order valence-corrected chi connectivity index (χ2v) is 8.37. The third-order valence-corrected chi connectivity index (χ3v) is 5.95. The van der Waals surface area contributed by atoms with E-state index in [0.29, 0.717) is 17.1 Å². The molecule has 29 heavy (non-hydrogen) atoms. The highest BCUT2D eigenvalue weighted by Crippen LogP contribution is 2.26. The molecule has 1 fully saturated rings. The van der Waals surface area contributed by atoms with Crippen molar-refractivity contribution in [3.05, 3.63) is 60.0 Å². The summed E-state index contributed by atoms with van der Waals surface area (Å²) >= 11 is 11.9. The molecule has 7 heteroatoms. The molecule has 3 heterocycles. The van der Waals surface area contributed by atoms with Crippen molar-refractivity contribution in [3.8, 4) is 0 Å². The second-order valence-electron chi connectivity index (χ2n) is 7.59. The van der Waals surface area contributed by atoms with Crippen LogP contribution in [0.15, 0.2) is 54.9 Å². The average Bonchev–Trinajstić information content (AvgIpc) is 2.73. The number of benzene rings is 1. The van der Waals surface area contributed by atoms with Gasteiger partial charge in [-0.3, -0.25) is 4.98 Å². The lowest BCUT2D eigenvalue weighted by molar-refractivity contribution is 0.228. The Kier molecular flexibility index (Phi) is 5.83. The van der Waals surface area contributed by atoms with Gasteiger partial charge in [-0.05, 0) is 54.5 Å². The number of anilines is 2. The molecule has 0 spiro atoms. The van der Waals surface area contributed by atoms with E-state index < -0.39 is 0 Å². The molecule has 4 rings (SSSR count). The number of fused-ring (bicyclic) bond motifs is 1. The minimum Gasteiger partial charge on any atom is -0.368 e. The quantitative estimate of drug-likeness (QED) is 0.479. The van der Waals surface area contributed by atoms with Gasteiger partial charge in [0.1, 0.15) is 5.15 Å². The van der Waals surface area contributed by atoms with Crippen molar-refractivity contribution < 1.29 is 0 Å². The normalized spacial score (nSPS) is 17.0. The fourth-order valence-electron chi connectivity index (χ4n) is 3.86. The molecule has 0 amide bonds. The van der Waals surface area contributed by atoms with E-state index in [-0.39, 0.29) is 0 Å². The number of halogens is 1. The maximum absolute atomic E-state index is 6.10. The fraction of sp³-hybridized carbons (Fsp3) is 0.318. The van der Waals surface area contributed by atoms with Crippen molar-refractivity contribution >= 4 is 51.2 Å². The van der Waals surface area contributed by atoms with E-state index in [1.807, 2.05) is 36.5 Å². The molecule has 1 aliphatic heterocycles. The predicted octanol–water partition coefficient (Wildman–Crippen LogP) is 4.83. The highest BCUT2D eigenvalue weighted by atomic mass is 35.5. The van der Waals surface area contributed by atoms with Gasteiger partial charge < -0.3 is 15.1 Å². The summed E-state index contributed by atoms with van der Waals surface area (Å²) in [6, 6.07) is 14.3. The van der Waals surface area contributed by atoms with E-state index >= 15 is 0 Å². The summed E-state index contributed by atoms with van der Waals surface area (Å²) in [6.07, 6.45) is 3.57. The molecule has 1 saturated heterocycles. The average molecular weight is 426 g/mol. The number of nitrogens with zero attached hydrogens (tertiary/aromatic N) is 4. The summed E-state index contributed by atoms with van der Waals surface area (Å²) in [5.74, 6) is 0.448. The smallest absolute Gasteiger partial charge is 0.173 e. The lowest BCUT2D eigenvalue weighted by Gasteiger charge is -2.45. The third kappa shape index (κ3) is 4.28. The van der Waals surface area contributed by atoms with Crippen LogP contribution in [0.5, 0.6) is 0 Å². The first kappa shape index (κ1) is 19.9. The van der Waals surface area contributed by atoms with Gasteiger partial charge in [0.25, 0.3) is 0 Å². The maximum atomic E-state index is 6.10. The largest absolute Gasteiger partial charge is 0.368 e. The van der Waals surface area contributed by atoms with Crippen LogP contribution in [-0.2, 0) is 0 Å². The zero-order valence-corrected chi connectivity index (χ0v) is 18.1. The van der Waals surface area contributed by atoms with E-state index in [2.05, 4.69) is 51.1 Å². The Hall–Kier alpha value is -2.44. The SMILES string of the molecule is CC(C)C1CN(c2ccnc(Cl)c2)CCN1C(=S)Nc1cccc2ncccc12. The molecule has 1 aliphatic rings. The van der Waals surface area contributed by atoms with Gasteiger partial charge >= 0.3 is 0 Å². The lowest BCUT2D eigenvalue weighted by atomic mass is 9.99. The van der Waals surface area contributed by atoms with Crippen molar-refractivity contribution in [2.24, 2.45) is 5.92 Å². The van der Waals surface area contributed by atoms with Crippen molar-refractivity contribution in [1.29, 1.82) is 0 Å². The van der Waals surface area contributed by atoms with E-state index in [1.165, 1.54) is 0 Å². The standard InChI is InChI=1S/C22H24ClN5S/c1-15(2)20-14-27(16-8-10-25-21(23)13-16)11-12-28(20)22(29)26-19-7-3-6-18-17(19)5-4-9-24-18/h3-10,13,15,20H,11-12,14H2,1-2H3,(H,26,29). The van der Waals surface area contributed by atoms with Crippen LogP contribution in [0, 0.1) is 5.92 Å². The number of pyridine rings is 2. The summed E-state index contributed by atoms with van der Waals surface area (Å²) in [6.45, 7) is 7.09. The topological polar surface area (TPSA) is 44.3 Å². The van der Waals surface area contributed by atoms with Gasteiger partial charge in [0.15, 0.2) is 5.11 Å². The van der Waals surface area contributed by atoms with Crippen LogP contribution in [0.4, 0.5) is 11.4 Å². The molecule has 1 N–H and O–H groups in total. The van der Waals surface area contributed by atoms with E-state index in [1.54, 1.807) is 6.20 Å². The number of hydrogen-bond acceptors (Lipinski definition) is 4. The Bertz CT molecular complexity index is 1020. The zero-order chi connectivity index (χ0) is 20.4.